The van der Waals surface area contributed by atoms with Crippen molar-refractivity contribution in [1.82, 2.24) is 4.90 Å². The molecule has 204 valence electrons. The Morgan fingerprint density at radius 1 is 1.16 bits per heavy atom. The highest BCUT2D eigenvalue weighted by Crippen LogP contribution is 2.56. The highest BCUT2D eigenvalue weighted by atomic mass is 16.4. The number of Topliss-reactive ketones (excluding diaryl/α,β-unsaturated/α-hetero) is 2. The summed E-state index contributed by atoms with van der Waals surface area (Å²) in [6, 6.07) is 3.62. The van der Waals surface area contributed by atoms with Gasteiger partial charge in [-0.3, -0.25) is 14.4 Å². The minimum Gasteiger partial charge on any atom is -0.508 e. The van der Waals surface area contributed by atoms with Crippen LogP contribution in [-0.4, -0.2) is 92.8 Å². The zero-order chi connectivity index (χ0) is 27.8. The molecule has 11 heteroatoms. The predicted octanol–water partition coefficient (Wildman–Crippen LogP) is 0.486. The van der Waals surface area contributed by atoms with Crippen LogP contribution in [0, 0.1) is 11.8 Å². The van der Waals surface area contributed by atoms with Crippen LogP contribution in [0.5, 0.6) is 5.75 Å². The molecule has 5 atom stereocenters. The number of ketones is 2. The van der Waals surface area contributed by atoms with E-state index >= 15 is 0 Å². The average molecular weight is 528 g/mol. The molecule has 1 aromatic carbocycles. The molecule has 1 heterocycles. The van der Waals surface area contributed by atoms with Crippen LogP contribution < -0.4 is 10.6 Å². The molecule has 1 amide bonds. The summed E-state index contributed by atoms with van der Waals surface area (Å²) in [5.41, 5.74) is 2.05. The molecule has 1 aliphatic heterocycles. The number of primary amides is 1. The highest BCUT2D eigenvalue weighted by molar-refractivity contribution is 6.23. The number of piperidine rings is 1. The first-order chi connectivity index (χ1) is 17.8. The number of phenols is 1. The number of benzene rings is 1. The molecule has 2 fully saturated rings. The van der Waals surface area contributed by atoms with Gasteiger partial charge in [-0.05, 0) is 50.5 Å². The number of rotatable bonds is 3. The van der Waals surface area contributed by atoms with Crippen molar-refractivity contribution in [2.24, 2.45) is 17.6 Å². The number of aliphatic hydroxyl groups excluding tert-OH is 3. The second kappa shape index (κ2) is 8.82. The minimum absolute atomic E-state index is 0.00843. The molecule has 1 aromatic rings. The largest absolute Gasteiger partial charge is 0.508 e. The quantitative estimate of drug-likeness (QED) is 0.302. The molecule has 5 rings (SSSR count). The summed E-state index contributed by atoms with van der Waals surface area (Å²) >= 11 is 0. The van der Waals surface area contributed by atoms with E-state index in [0.29, 0.717) is 11.3 Å². The number of nitrogens with two attached hydrogens (primary N) is 1. The summed E-state index contributed by atoms with van der Waals surface area (Å²) in [4.78, 5) is 42.3. The lowest BCUT2D eigenvalue weighted by molar-refractivity contribution is -0.160. The molecule has 0 aromatic heterocycles. The van der Waals surface area contributed by atoms with Crippen LogP contribution in [0.4, 0.5) is 5.69 Å². The van der Waals surface area contributed by atoms with E-state index in [-0.39, 0.29) is 22.9 Å². The first-order valence-electron chi connectivity index (χ1n) is 12.7. The second-order valence-corrected chi connectivity index (χ2v) is 11.0. The third kappa shape index (κ3) is 3.41. The molecule has 38 heavy (non-hydrogen) atoms. The first kappa shape index (κ1) is 26.2. The number of aliphatic hydroxyl groups is 4. The Morgan fingerprint density at radius 3 is 2.39 bits per heavy atom. The molecule has 0 radical (unpaired) electrons. The zero-order valence-electron chi connectivity index (χ0n) is 21.5. The van der Waals surface area contributed by atoms with Gasteiger partial charge in [0.05, 0.1) is 17.4 Å². The molecule has 3 aliphatic carbocycles. The third-order valence-electron chi connectivity index (χ3n) is 9.10. The van der Waals surface area contributed by atoms with Gasteiger partial charge < -0.3 is 41.1 Å². The van der Waals surface area contributed by atoms with E-state index in [0.717, 1.165) is 25.9 Å². The molecular formula is C27H33N3O8. The number of aromatic hydroxyl groups is 1. The SMILES string of the molecule is C[C@H]1c2ccc(N(C)C3CCN(C)CC3)c(O)c2C(O)=C2C(=O)[C@]3(O)C(O)=C(C(N)=O)C(=O)C[C@@H]3[C@@H](O)[C@@H]21. The lowest BCUT2D eigenvalue weighted by atomic mass is 9.55. The van der Waals surface area contributed by atoms with Crippen molar-refractivity contribution >= 4 is 28.9 Å². The molecule has 7 N–H and O–H groups in total. The van der Waals surface area contributed by atoms with Crippen LogP contribution in [0.15, 0.2) is 29.0 Å². The average Bonchev–Trinajstić information content (AvgIpc) is 2.86. The van der Waals surface area contributed by atoms with Crippen molar-refractivity contribution in [3.05, 3.63) is 40.2 Å². The number of phenolic OH excluding ortho intramolecular Hbond substituents is 1. The van der Waals surface area contributed by atoms with Gasteiger partial charge in [0.1, 0.15) is 22.8 Å². The van der Waals surface area contributed by atoms with Crippen molar-refractivity contribution in [3.63, 3.8) is 0 Å². The number of hydrogen-bond acceptors (Lipinski definition) is 10. The van der Waals surface area contributed by atoms with E-state index in [1.807, 2.05) is 19.0 Å². The topological polar surface area (TPSA) is 185 Å². The molecule has 4 aliphatic rings. The van der Waals surface area contributed by atoms with Crippen LogP contribution in [0.1, 0.15) is 43.2 Å². The van der Waals surface area contributed by atoms with Gasteiger partial charge in [0.25, 0.3) is 5.91 Å². The Labute approximate surface area is 219 Å². The van der Waals surface area contributed by atoms with Crippen molar-refractivity contribution in [2.45, 2.75) is 49.9 Å². The van der Waals surface area contributed by atoms with E-state index in [1.54, 1.807) is 19.1 Å². The van der Waals surface area contributed by atoms with E-state index < -0.39 is 70.4 Å². The van der Waals surface area contributed by atoms with Crippen LogP contribution in [-0.2, 0) is 14.4 Å². The lowest BCUT2D eigenvalue weighted by Crippen LogP contribution is -2.63. The van der Waals surface area contributed by atoms with Crippen LogP contribution in [0.2, 0.25) is 0 Å². The normalized spacial score (nSPS) is 32.1. The van der Waals surface area contributed by atoms with Gasteiger partial charge in [-0.15, -0.1) is 0 Å². The predicted molar refractivity (Wildman–Crippen MR) is 136 cm³/mol. The lowest BCUT2D eigenvalue weighted by Gasteiger charge is -2.50. The molecule has 1 saturated heterocycles. The smallest absolute Gasteiger partial charge is 0.255 e. The standard InChI is InChI=1S/C27H33N3O8/c1-11-13-4-5-15(30(3)12-6-8-29(2)9-7-12)22(33)18(13)23(34)20-17(11)21(32)14-10-16(31)19(26(28)37)24(35)27(14,38)25(20)36/h4-5,11-12,14,17,21,32-35,38H,6-10H2,1-3H3,(H2,28,37)/t11-,14+,17+,21+,27+/m0/s1. The van der Waals surface area contributed by atoms with E-state index in [9.17, 15) is 39.9 Å². The van der Waals surface area contributed by atoms with Gasteiger partial charge in [-0.25, -0.2) is 0 Å². The molecule has 0 spiro atoms. The maximum Gasteiger partial charge on any atom is 0.255 e. The fourth-order valence-electron chi connectivity index (χ4n) is 6.85. The maximum absolute atomic E-state index is 13.8. The van der Waals surface area contributed by atoms with E-state index in [4.69, 9.17) is 5.73 Å². The molecule has 0 bridgehead atoms. The summed E-state index contributed by atoms with van der Waals surface area (Å²) < 4.78 is 0. The zero-order valence-corrected chi connectivity index (χ0v) is 21.5. The first-order valence-corrected chi connectivity index (χ1v) is 12.7. The molecule has 11 nitrogen and oxygen atoms in total. The van der Waals surface area contributed by atoms with Crippen LogP contribution >= 0.6 is 0 Å². The summed E-state index contributed by atoms with van der Waals surface area (Å²) in [6.07, 6.45) is -0.384. The Bertz CT molecular complexity index is 1310. The number of carbonyl (C=O) groups excluding carboxylic acids is 3. The number of amides is 1. The maximum atomic E-state index is 13.8. The van der Waals surface area contributed by atoms with Gasteiger partial charge in [0.2, 0.25) is 5.78 Å². The van der Waals surface area contributed by atoms with Crippen molar-refractivity contribution < 1.29 is 39.9 Å². The van der Waals surface area contributed by atoms with Gasteiger partial charge in [0.15, 0.2) is 11.4 Å². The van der Waals surface area contributed by atoms with Gasteiger partial charge in [-0.1, -0.05) is 13.0 Å². The summed E-state index contributed by atoms with van der Waals surface area (Å²) in [6.45, 7) is 3.51. The number of likely N-dealkylation sites (tertiary alicyclic amines) is 1. The van der Waals surface area contributed by atoms with Crippen LogP contribution in [0.3, 0.4) is 0 Å². The summed E-state index contributed by atoms with van der Waals surface area (Å²) in [5, 5.41) is 56.3. The summed E-state index contributed by atoms with van der Waals surface area (Å²) in [5.74, 6) is -8.55. The van der Waals surface area contributed by atoms with Crippen molar-refractivity contribution in [1.29, 1.82) is 0 Å². The Kier molecular flexibility index (Phi) is 6.08. The fraction of sp³-hybridized carbons (Fsp3) is 0.519. The Balaban J connectivity index is 1.65. The number of hydrogen-bond donors (Lipinski definition) is 6. The van der Waals surface area contributed by atoms with Gasteiger partial charge in [-0.2, -0.15) is 0 Å². The highest BCUT2D eigenvalue weighted by Gasteiger charge is 2.64. The third-order valence-corrected chi connectivity index (χ3v) is 9.10. The fourth-order valence-corrected chi connectivity index (χ4v) is 6.85. The van der Waals surface area contributed by atoms with E-state index in [2.05, 4.69) is 4.90 Å². The number of carbonyl (C=O) groups is 3. The molecule has 1 saturated carbocycles. The Hall–Kier alpha value is -3.41. The Morgan fingerprint density at radius 2 is 1.79 bits per heavy atom. The van der Waals surface area contributed by atoms with Gasteiger partial charge in [0, 0.05) is 36.9 Å². The van der Waals surface area contributed by atoms with Crippen LogP contribution in [0.25, 0.3) is 5.76 Å². The summed E-state index contributed by atoms with van der Waals surface area (Å²) in [7, 11) is 3.90. The monoisotopic (exact) mass is 527 g/mol. The van der Waals surface area contributed by atoms with E-state index in [1.165, 1.54) is 0 Å². The number of fused-ring (bicyclic) bond motifs is 3. The van der Waals surface area contributed by atoms with Crippen molar-refractivity contribution in [3.8, 4) is 5.75 Å². The van der Waals surface area contributed by atoms with Gasteiger partial charge >= 0.3 is 0 Å². The molecule has 0 unspecified atom stereocenters. The molecular weight excluding hydrogens is 494 g/mol. The number of anilines is 1. The number of nitrogens with zero attached hydrogens (tertiary/aromatic N) is 2. The second-order valence-electron chi connectivity index (χ2n) is 11.0. The van der Waals surface area contributed by atoms with Crippen molar-refractivity contribution in [2.75, 3.05) is 32.1 Å². The minimum atomic E-state index is -2.84.